The molecular formula is C11H13FO. The predicted octanol–water partition coefficient (Wildman–Crippen LogP) is 2.14. The van der Waals surface area contributed by atoms with E-state index in [9.17, 15) is 4.39 Å². The van der Waals surface area contributed by atoms with Crippen molar-refractivity contribution >= 4 is 0 Å². The summed E-state index contributed by atoms with van der Waals surface area (Å²) in [6.45, 7) is 0.182. The van der Waals surface area contributed by atoms with E-state index in [0.29, 0.717) is 6.42 Å². The smallest absolute Gasteiger partial charge is 0.126 e. The van der Waals surface area contributed by atoms with Crippen molar-refractivity contribution in [1.29, 1.82) is 0 Å². The van der Waals surface area contributed by atoms with Crippen LogP contribution in [-0.2, 0) is 6.42 Å². The van der Waals surface area contributed by atoms with Crippen LogP contribution < -0.4 is 0 Å². The monoisotopic (exact) mass is 180 g/mol. The molecule has 1 N–H and O–H groups in total. The molecule has 0 atom stereocenters. The molecule has 0 heterocycles. The molecule has 1 saturated carbocycles. The average molecular weight is 180 g/mol. The fourth-order valence-corrected chi connectivity index (χ4v) is 1.61. The maximum atomic E-state index is 13.2. The van der Waals surface area contributed by atoms with Gasteiger partial charge in [0.2, 0.25) is 0 Å². The van der Waals surface area contributed by atoms with E-state index < -0.39 is 0 Å². The molecule has 0 radical (unpaired) electrons. The molecule has 1 aliphatic rings. The van der Waals surface area contributed by atoms with Crippen LogP contribution in [0.3, 0.4) is 0 Å². The summed E-state index contributed by atoms with van der Waals surface area (Å²) in [5.41, 5.74) is 0.733. The molecule has 0 saturated heterocycles. The summed E-state index contributed by atoms with van der Waals surface area (Å²) in [5.74, 6) is -0.151. The largest absolute Gasteiger partial charge is 0.396 e. The van der Waals surface area contributed by atoms with Gasteiger partial charge in [-0.2, -0.15) is 0 Å². The number of hydrogen-bond donors (Lipinski definition) is 1. The molecule has 0 aromatic heterocycles. The van der Waals surface area contributed by atoms with Crippen molar-refractivity contribution in [1.82, 2.24) is 0 Å². The Morgan fingerprint density at radius 2 is 2.00 bits per heavy atom. The molecule has 1 nitrogen and oxygen atoms in total. The molecule has 0 aliphatic heterocycles. The lowest BCUT2D eigenvalue weighted by atomic mass is 9.97. The molecule has 2 heteroatoms. The minimum atomic E-state index is -0.151. The van der Waals surface area contributed by atoms with Gasteiger partial charge in [0.1, 0.15) is 5.82 Å². The van der Waals surface area contributed by atoms with Crippen LogP contribution in [0.5, 0.6) is 0 Å². The topological polar surface area (TPSA) is 20.2 Å². The lowest BCUT2D eigenvalue weighted by Crippen LogP contribution is -2.11. The summed E-state index contributed by atoms with van der Waals surface area (Å²) < 4.78 is 13.2. The molecule has 1 aromatic carbocycles. The quantitative estimate of drug-likeness (QED) is 0.755. The first kappa shape index (κ1) is 8.70. The fourth-order valence-electron chi connectivity index (χ4n) is 1.61. The van der Waals surface area contributed by atoms with Crippen LogP contribution in [0.25, 0.3) is 0 Å². The summed E-state index contributed by atoms with van der Waals surface area (Å²) in [5, 5.41) is 9.09. The van der Waals surface area contributed by atoms with E-state index in [4.69, 9.17) is 5.11 Å². The minimum absolute atomic E-state index is 0.00218. The van der Waals surface area contributed by atoms with Crippen molar-refractivity contribution in [2.45, 2.75) is 19.3 Å². The summed E-state index contributed by atoms with van der Waals surface area (Å²) in [4.78, 5) is 0. The lowest BCUT2D eigenvalue weighted by molar-refractivity contribution is 0.210. The lowest BCUT2D eigenvalue weighted by Gasteiger charge is -2.11. The Bertz CT molecular complexity index is 305. The molecule has 13 heavy (non-hydrogen) atoms. The molecule has 1 fully saturated rings. The van der Waals surface area contributed by atoms with Gasteiger partial charge < -0.3 is 5.11 Å². The van der Waals surface area contributed by atoms with Crippen molar-refractivity contribution in [3.63, 3.8) is 0 Å². The predicted molar refractivity (Wildman–Crippen MR) is 48.9 cm³/mol. The average Bonchev–Trinajstić information content (AvgIpc) is 2.90. The summed E-state index contributed by atoms with van der Waals surface area (Å²) in [6.07, 6.45) is 2.73. The number of rotatable bonds is 3. The van der Waals surface area contributed by atoms with E-state index in [1.807, 2.05) is 6.07 Å². The number of hydrogen-bond acceptors (Lipinski definition) is 1. The number of aliphatic hydroxyl groups excluding tert-OH is 1. The zero-order valence-electron chi connectivity index (χ0n) is 7.46. The van der Waals surface area contributed by atoms with Crippen molar-refractivity contribution in [3.05, 3.63) is 35.6 Å². The molecule has 0 bridgehead atoms. The van der Waals surface area contributed by atoms with Crippen LogP contribution in [0.1, 0.15) is 18.4 Å². The molecule has 0 amide bonds. The third-order valence-corrected chi connectivity index (χ3v) is 2.82. The Hall–Kier alpha value is -0.890. The number of halogens is 1. The first-order valence-corrected chi connectivity index (χ1v) is 4.60. The van der Waals surface area contributed by atoms with Crippen molar-refractivity contribution < 1.29 is 9.50 Å². The molecule has 1 aliphatic carbocycles. The molecule has 70 valence electrons. The van der Waals surface area contributed by atoms with Gasteiger partial charge in [-0.25, -0.2) is 4.39 Å². The molecule has 0 spiro atoms. The first-order valence-electron chi connectivity index (χ1n) is 4.60. The van der Waals surface area contributed by atoms with Crippen LogP contribution in [0.15, 0.2) is 24.3 Å². The Balaban J connectivity index is 2.14. The van der Waals surface area contributed by atoms with Gasteiger partial charge in [-0.3, -0.25) is 0 Å². The molecule has 2 rings (SSSR count). The first-order chi connectivity index (χ1) is 6.26. The third kappa shape index (κ3) is 1.73. The van der Waals surface area contributed by atoms with Crippen molar-refractivity contribution in [3.8, 4) is 0 Å². The van der Waals surface area contributed by atoms with E-state index in [-0.39, 0.29) is 17.8 Å². The summed E-state index contributed by atoms with van der Waals surface area (Å²) >= 11 is 0. The molecular weight excluding hydrogens is 167 g/mol. The van der Waals surface area contributed by atoms with E-state index in [1.165, 1.54) is 6.07 Å². The van der Waals surface area contributed by atoms with Crippen molar-refractivity contribution in [2.24, 2.45) is 5.41 Å². The highest BCUT2D eigenvalue weighted by molar-refractivity contribution is 5.20. The highest BCUT2D eigenvalue weighted by Gasteiger charge is 2.42. The van der Waals surface area contributed by atoms with E-state index in [0.717, 1.165) is 18.4 Å². The second kappa shape index (κ2) is 3.11. The zero-order valence-corrected chi connectivity index (χ0v) is 7.46. The number of benzene rings is 1. The van der Waals surface area contributed by atoms with Crippen LogP contribution in [0.4, 0.5) is 4.39 Å². The Morgan fingerprint density at radius 1 is 1.31 bits per heavy atom. The Labute approximate surface area is 77.2 Å². The standard InChI is InChI=1S/C11H13FO/c12-10-4-2-1-3-9(10)7-11(8-13)5-6-11/h1-4,13H,5-8H2. The highest BCUT2D eigenvalue weighted by Crippen LogP contribution is 2.47. The van der Waals surface area contributed by atoms with Crippen LogP contribution in [0, 0.1) is 11.2 Å². The van der Waals surface area contributed by atoms with Gasteiger partial charge in [0.05, 0.1) is 0 Å². The highest BCUT2D eigenvalue weighted by atomic mass is 19.1. The second-order valence-electron chi connectivity index (χ2n) is 3.93. The molecule has 1 aromatic rings. The Kier molecular flexibility index (Phi) is 2.08. The van der Waals surface area contributed by atoms with Crippen LogP contribution >= 0.6 is 0 Å². The van der Waals surface area contributed by atoms with Gasteiger partial charge in [-0.1, -0.05) is 18.2 Å². The number of aliphatic hydroxyl groups is 1. The zero-order chi connectivity index (χ0) is 9.31. The van der Waals surface area contributed by atoms with Gasteiger partial charge in [0.25, 0.3) is 0 Å². The van der Waals surface area contributed by atoms with Gasteiger partial charge >= 0.3 is 0 Å². The maximum absolute atomic E-state index is 13.2. The normalized spacial score (nSPS) is 18.6. The Morgan fingerprint density at radius 3 is 2.54 bits per heavy atom. The SMILES string of the molecule is OCC1(Cc2ccccc2F)CC1. The van der Waals surface area contributed by atoms with Gasteiger partial charge in [0, 0.05) is 6.61 Å². The van der Waals surface area contributed by atoms with E-state index in [2.05, 4.69) is 0 Å². The van der Waals surface area contributed by atoms with E-state index in [1.54, 1.807) is 12.1 Å². The van der Waals surface area contributed by atoms with Gasteiger partial charge in [-0.05, 0) is 36.3 Å². The maximum Gasteiger partial charge on any atom is 0.126 e. The van der Waals surface area contributed by atoms with Crippen molar-refractivity contribution in [2.75, 3.05) is 6.61 Å². The van der Waals surface area contributed by atoms with Crippen LogP contribution in [-0.4, -0.2) is 11.7 Å². The van der Waals surface area contributed by atoms with Gasteiger partial charge in [-0.15, -0.1) is 0 Å². The van der Waals surface area contributed by atoms with E-state index >= 15 is 0 Å². The summed E-state index contributed by atoms with van der Waals surface area (Å²) in [6, 6.07) is 6.80. The second-order valence-corrected chi connectivity index (χ2v) is 3.93. The van der Waals surface area contributed by atoms with Gasteiger partial charge in [0.15, 0.2) is 0 Å². The molecule has 0 unspecified atom stereocenters. The summed E-state index contributed by atoms with van der Waals surface area (Å²) in [7, 11) is 0. The fraction of sp³-hybridized carbons (Fsp3) is 0.455. The third-order valence-electron chi connectivity index (χ3n) is 2.82. The minimum Gasteiger partial charge on any atom is -0.396 e. The van der Waals surface area contributed by atoms with Crippen LogP contribution in [0.2, 0.25) is 0 Å².